The summed E-state index contributed by atoms with van der Waals surface area (Å²) in [6.07, 6.45) is 6.36. The molecule has 8 heteroatoms. The Balaban J connectivity index is 1.35. The van der Waals surface area contributed by atoms with Crippen molar-refractivity contribution in [2.45, 2.75) is 12.1 Å². The maximum absolute atomic E-state index is 12.9. The van der Waals surface area contributed by atoms with Crippen LogP contribution in [0.1, 0.15) is 17.4 Å². The quantitative estimate of drug-likeness (QED) is 0.488. The minimum absolute atomic E-state index is 0.00750. The molecule has 1 atom stereocenters. The fourth-order valence-electron chi connectivity index (χ4n) is 3.18. The van der Waals surface area contributed by atoms with E-state index in [9.17, 15) is 9.59 Å². The van der Waals surface area contributed by atoms with Crippen LogP contribution >= 0.6 is 0 Å². The highest BCUT2D eigenvalue weighted by Crippen LogP contribution is 2.24. The van der Waals surface area contributed by atoms with Gasteiger partial charge >= 0.3 is 0 Å². The average molecular weight is 397 g/mol. The number of likely N-dealkylation sites (tertiary alicyclic amines) is 1. The summed E-state index contributed by atoms with van der Waals surface area (Å²) in [4.78, 5) is 35.2. The topological polar surface area (TPSA) is 90.6 Å². The molecule has 0 spiro atoms. The van der Waals surface area contributed by atoms with Crippen LogP contribution in [-0.2, 0) is 14.3 Å². The summed E-state index contributed by atoms with van der Waals surface area (Å²) < 4.78 is 5.74. The zero-order chi connectivity index (χ0) is 20.6. The van der Waals surface area contributed by atoms with Crippen LogP contribution in [0.3, 0.4) is 0 Å². The molecule has 29 heavy (non-hydrogen) atoms. The van der Waals surface area contributed by atoms with Gasteiger partial charge in [0.1, 0.15) is 11.9 Å². The number of imidazole rings is 1. The van der Waals surface area contributed by atoms with Crippen molar-refractivity contribution >= 4 is 17.9 Å². The van der Waals surface area contributed by atoms with Crippen molar-refractivity contribution in [2.75, 3.05) is 40.3 Å². The molecule has 1 aromatic heterocycles. The monoisotopic (exact) mass is 397 g/mol. The molecule has 3 rings (SSSR count). The highest BCUT2D eigenvalue weighted by molar-refractivity contribution is 5.91. The van der Waals surface area contributed by atoms with Crippen molar-refractivity contribution in [3.8, 4) is 0 Å². The molecule has 2 aromatic rings. The molecule has 154 valence electrons. The first-order valence-electron chi connectivity index (χ1n) is 9.61. The van der Waals surface area contributed by atoms with Gasteiger partial charge in [0.2, 0.25) is 11.8 Å². The van der Waals surface area contributed by atoms with E-state index >= 15 is 0 Å². The second-order valence-corrected chi connectivity index (χ2v) is 7.11. The second-order valence-electron chi connectivity index (χ2n) is 7.11. The molecule has 2 amide bonds. The molecule has 0 bridgehead atoms. The molecular formula is C21H27N5O3. The van der Waals surface area contributed by atoms with Crippen molar-refractivity contribution in [3.05, 3.63) is 60.2 Å². The van der Waals surface area contributed by atoms with E-state index < -0.39 is 0 Å². The van der Waals surface area contributed by atoms with E-state index in [0.29, 0.717) is 32.1 Å². The van der Waals surface area contributed by atoms with Crippen LogP contribution in [0.2, 0.25) is 0 Å². The number of nitrogens with zero attached hydrogens (tertiary/aromatic N) is 3. The Labute approximate surface area is 170 Å². The molecule has 1 saturated heterocycles. The summed E-state index contributed by atoms with van der Waals surface area (Å²) in [6, 6.07) is 9.48. The lowest BCUT2D eigenvalue weighted by atomic mass is 10.0. The Kier molecular flexibility index (Phi) is 7.15. The van der Waals surface area contributed by atoms with Crippen molar-refractivity contribution in [3.63, 3.8) is 0 Å². The van der Waals surface area contributed by atoms with E-state index in [2.05, 4.69) is 15.3 Å². The number of rotatable bonds is 9. The summed E-state index contributed by atoms with van der Waals surface area (Å²) in [5, 5.41) is 2.76. The number of hydrogen-bond donors (Lipinski definition) is 2. The minimum Gasteiger partial charge on any atom is -0.373 e. The molecule has 0 aliphatic carbocycles. The fourth-order valence-corrected chi connectivity index (χ4v) is 3.18. The van der Waals surface area contributed by atoms with Gasteiger partial charge in [-0.05, 0) is 25.7 Å². The molecule has 1 aliphatic rings. The number of hydrogen-bond acceptors (Lipinski definition) is 5. The summed E-state index contributed by atoms with van der Waals surface area (Å²) >= 11 is 0. The van der Waals surface area contributed by atoms with Crippen LogP contribution in [0.4, 0.5) is 0 Å². The first kappa shape index (κ1) is 20.8. The van der Waals surface area contributed by atoms with Crippen LogP contribution < -0.4 is 5.32 Å². The largest absolute Gasteiger partial charge is 0.373 e. The molecule has 1 aliphatic heterocycles. The van der Waals surface area contributed by atoms with Gasteiger partial charge in [-0.2, -0.15) is 0 Å². The van der Waals surface area contributed by atoms with Gasteiger partial charge in [0, 0.05) is 38.1 Å². The molecule has 2 N–H and O–H groups in total. The summed E-state index contributed by atoms with van der Waals surface area (Å²) in [5.41, 5.74) is 0.984. The summed E-state index contributed by atoms with van der Waals surface area (Å²) in [7, 11) is 3.82. The maximum Gasteiger partial charge on any atom is 0.244 e. The third-order valence-corrected chi connectivity index (χ3v) is 4.69. The average Bonchev–Trinajstić information content (AvgIpc) is 3.19. The van der Waals surface area contributed by atoms with Crippen LogP contribution in [0.25, 0.3) is 6.08 Å². The molecule has 0 unspecified atom stereocenters. The fraction of sp³-hybridized carbons (Fsp3) is 0.381. The van der Waals surface area contributed by atoms with Crippen LogP contribution in [0.15, 0.2) is 48.8 Å². The third-order valence-electron chi connectivity index (χ3n) is 4.69. The number of benzene rings is 1. The van der Waals surface area contributed by atoms with Crippen LogP contribution in [0.5, 0.6) is 0 Å². The molecule has 1 fully saturated rings. The highest BCUT2D eigenvalue weighted by atomic mass is 16.5. The van der Waals surface area contributed by atoms with Crippen LogP contribution in [-0.4, -0.2) is 78.0 Å². The van der Waals surface area contributed by atoms with E-state index in [1.165, 1.54) is 6.08 Å². The standard InChI is InChI=1S/C21H27N5O3/c1-25(2)20(16-6-4-3-5-7-16)21(28)26-14-17(15-26)29-13-12-24-19(27)9-8-18-22-10-11-23-18/h3-11,17,20H,12-15H2,1-2H3,(H,22,23)(H,24,27)/b9-8+/t20-/m1/s1. The minimum atomic E-state index is -0.294. The molecule has 0 radical (unpaired) electrons. The lowest BCUT2D eigenvalue weighted by molar-refractivity contribution is -0.150. The molecule has 8 nitrogen and oxygen atoms in total. The highest BCUT2D eigenvalue weighted by Gasteiger charge is 2.36. The number of carbonyl (C=O) groups is 2. The van der Waals surface area contributed by atoms with Gasteiger partial charge in [0.05, 0.1) is 12.7 Å². The number of H-pyrrole nitrogens is 1. The number of likely N-dealkylation sites (N-methyl/N-ethyl adjacent to an activating group) is 1. The smallest absolute Gasteiger partial charge is 0.244 e. The lowest BCUT2D eigenvalue weighted by Crippen LogP contribution is -2.57. The normalized spacial score (nSPS) is 15.5. The summed E-state index contributed by atoms with van der Waals surface area (Å²) in [5.74, 6) is 0.506. The third kappa shape index (κ3) is 5.75. The van der Waals surface area contributed by atoms with Gasteiger partial charge in [-0.15, -0.1) is 0 Å². The number of carbonyl (C=O) groups excluding carboxylic acids is 2. The number of ether oxygens (including phenoxy) is 1. The van der Waals surface area contributed by atoms with E-state index in [4.69, 9.17) is 4.74 Å². The number of amides is 2. The Morgan fingerprint density at radius 3 is 2.76 bits per heavy atom. The molecule has 1 aromatic carbocycles. The number of nitrogens with one attached hydrogen (secondary N) is 2. The molecular weight excluding hydrogens is 370 g/mol. The Hall–Kier alpha value is -2.97. The number of aromatic amines is 1. The molecule has 0 saturated carbocycles. The van der Waals surface area contributed by atoms with E-state index in [-0.39, 0.29) is 24.0 Å². The van der Waals surface area contributed by atoms with Gasteiger partial charge < -0.3 is 19.9 Å². The van der Waals surface area contributed by atoms with Gasteiger partial charge in [0.15, 0.2) is 0 Å². The van der Waals surface area contributed by atoms with Gasteiger partial charge in [-0.25, -0.2) is 4.98 Å². The first-order chi connectivity index (χ1) is 14.0. The Bertz CT molecular complexity index is 814. The second kappa shape index (κ2) is 9.99. The lowest BCUT2D eigenvalue weighted by Gasteiger charge is -2.41. The van der Waals surface area contributed by atoms with Crippen molar-refractivity contribution < 1.29 is 14.3 Å². The predicted molar refractivity (Wildman–Crippen MR) is 110 cm³/mol. The Morgan fingerprint density at radius 1 is 1.34 bits per heavy atom. The van der Waals surface area contributed by atoms with Crippen molar-refractivity contribution in [2.24, 2.45) is 0 Å². The molecule has 2 heterocycles. The number of aromatic nitrogens is 2. The zero-order valence-corrected chi connectivity index (χ0v) is 16.7. The van der Waals surface area contributed by atoms with Crippen molar-refractivity contribution in [1.82, 2.24) is 25.1 Å². The SMILES string of the molecule is CN(C)[C@@H](C(=O)N1CC(OCCNC(=O)/C=C/c2ncc[nH]2)C1)c1ccccc1. The predicted octanol–water partition coefficient (Wildman–Crippen LogP) is 1.07. The van der Waals surface area contributed by atoms with Gasteiger partial charge in [-0.1, -0.05) is 30.3 Å². The van der Waals surface area contributed by atoms with E-state index in [1.807, 2.05) is 54.2 Å². The van der Waals surface area contributed by atoms with Gasteiger partial charge in [0.25, 0.3) is 0 Å². The van der Waals surface area contributed by atoms with E-state index in [0.717, 1.165) is 5.56 Å². The summed E-state index contributed by atoms with van der Waals surface area (Å²) in [6.45, 7) is 1.96. The zero-order valence-electron chi connectivity index (χ0n) is 16.7. The Morgan fingerprint density at radius 2 is 2.10 bits per heavy atom. The maximum atomic E-state index is 12.9. The van der Waals surface area contributed by atoms with Crippen molar-refractivity contribution in [1.29, 1.82) is 0 Å². The van der Waals surface area contributed by atoms with Gasteiger partial charge in [-0.3, -0.25) is 14.5 Å². The first-order valence-corrected chi connectivity index (χ1v) is 9.61. The van der Waals surface area contributed by atoms with E-state index in [1.54, 1.807) is 18.5 Å². The van der Waals surface area contributed by atoms with Crippen LogP contribution in [0, 0.1) is 0 Å².